The fraction of sp³-hybridized carbons (Fsp3) is 0.500. The molecule has 0 bridgehead atoms. The van der Waals surface area contributed by atoms with Crippen LogP contribution in [0.25, 0.3) is 0 Å². The van der Waals surface area contributed by atoms with E-state index in [2.05, 4.69) is 10.2 Å². The standard InChI is InChI=1S/C18H22Cl2N4O2/c1-18(2,3)26-17(25)23-10-4-5-14(23)15-21-22-16(20)24(15)11-12-6-8-13(19)9-7-12/h6-9,14H,4-5,10-11H2,1-3H3. The molecule has 2 aromatic rings. The number of amides is 1. The predicted octanol–water partition coefficient (Wildman–Crippen LogP) is 4.71. The summed E-state index contributed by atoms with van der Waals surface area (Å²) in [6.07, 6.45) is 1.35. The molecule has 0 aliphatic carbocycles. The van der Waals surface area contributed by atoms with Crippen molar-refractivity contribution in [3.63, 3.8) is 0 Å². The molecule has 1 aromatic carbocycles. The Morgan fingerprint density at radius 1 is 1.23 bits per heavy atom. The van der Waals surface area contributed by atoms with Crippen molar-refractivity contribution < 1.29 is 9.53 Å². The number of halogens is 2. The number of benzene rings is 1. The largest absolute Gasteiger partial charge is 0.444 e. The third-order valence-electron chi connectivity index (χ3n) is 4.17. The van der Waals surface area contributed by atoms with E-state index >= 15 is 0 Å². The number of aromatic nitrogens is 3. The molecule has 1 saturated heterocycles. The van der Waals surface area contributed by atoms with Gasteiger partial charge in [-0.25, -0.2) is 4.79 Å². The molecule has 1 fully saturated rings. The third-order valence-corrected chi connectivity index (χ3v) is 4.70. The van der Waals surface area contributed by atoms with Crippen LogP contribution >= 0.6 is 23.2 Å². The second kappa shape index (κ2) is 7.45. The summed E-state index contributed by atoms with van der Waals surface area (Å²) in [6, 6.07) is 7.33. The quantitative estimate of drug-likeness (QED) is 0.753. The van der Waals surface area contributed by atoms with Crippen LogP contribution in [0.4, 0.5) is 4.79 Å². The van der Waals surface area contributed by atoms with Crippen molar-refractivity contribution in [2.24, 2.45) is 0 Å². The Balaban J connectivity index is 1.84. The van der Waals surface area contributed by atoms with Crippen molar-refractivity contribution in [2.75, 3.05) is 6.54 Å². The lowest BCUT2D eigenvalue weighted by molar-refractivity contribution is 0.0216. The Bertz CT molecular complexity index is 783. The molecule has 1 aliphatic rings. The highest BCUT2D eigenvalue weighted by Crippen LogP contribution is 2.33. The van der Waals surface area contributed by atoms with Crippen LogP contribution in [0.15, 0.2) is 24.3 Å². The molecular weight excluding hydrogens is 375 g/mol. The van der Waals surface area contributed by atoms with Gasteiger partial charge in [-0.2, -0.15) is 0 Å². The summed E-state index contributed by atoms with van der Waals surface area (Å²) in [5.41, 5.74) is 0.484. The van der Waals surface area contributed by atoms with E-state index in [0.29, 0.717) is 29.2 Å². The molecule has 26 heavy (non-hydrogen) atoms. The van der Waals surface area contributed by atoms with Crippen molar-refractivity contribution in [3.05, 3.63) is 46.0 Å². The zero-order valence-electron chi connectivity index (χ0n) is 15.1. The maximum Gasteiger partial charge on any atom is 0.410 e. The van der Waals surface area contributed by atoms with Gasteiger partial charge in [-0.05, 0) is 62.9 Å². The normalized spacial score (nSPS) is 17.6. The average molecular weight is 397 g/mol. The second-order valence-electron chi connectivity index (χ2n) is 7.37. The Morgan fingerprint density at radius 2 is 1.92 bits per heavy atom. The highest BCUT2D eigenvalue weighted by atomic mass is 35.5. The Hall–Kier alpha value is -1.79. The van der Waals surface area contributed by atoms with Gasteiger partial charge >= 0.3 is 6.09 Å². The van der Waals surface area contributed by atoms with Crippen molar-refractivity contribution in [1.29, 1.82) is 0 Å². The molecule has 6 nitrogen and oxygen atoms in total. The molecular formula is C18H22Cl2N4O2. The molecule has 2 heterocycles. The zero-order chi connectivity index (χ0) is 18.9. The molecule has 1 aliphatic heterocycles. The molecule has 1 unspecified atom stereocenters. The number of carbonyl (C=O) groups is 1. The van der Waals surface area contributed by atoms with E-state index in [1.54, 1.807) is 4.90 Å². The predicted molar refractivity (Wildman–Crippen MR) is 101 cm³/mol. The number of ether oxygens (including phenoxy) is 1. The van der Waals surface area contributed by atoms with Gasteiger partial charge in [-0.3, -0.25) is 9.47 Å². The van der Waals surface area contributed by atoms with E-state index in [1.807, 2.05) is 49.6 Å². The first-order chi connectivity index (χ1) is 12.2. The average Bonchev–Trinajstić information content (AvgIpc) is 3.15. The number of hydrogen-bond acceptors (Lipinski definition) is 4. The third kappa shape index (κ3) is 4.30. The highest BCUT2D eigenvalue weighted by Gasteiger charge is 2.36. The SMILES string of the molecule is CC(C)(C)OC(=O)N1CCCC1c1nnc(Cl)n1Cc1ccc(Cl)cc1. The van der Waals surface area contributed by atoms with Crippen LogP contribution < -0.4 is 0 Å². The van der Waals surface area contributed by atoms with Gasteiger partial charge in [-0.15, -0.1) is 10.2 Å². The molecule has 8 heteroatoms. The maximum atomic E-state index is 12.6. The number of nitrogens with zero attached hydrogens (tertiary/aromatic N) is 4. The molecule has 1 aromatic heterocycles. The van der Waals surface area contributed by atoms with Gasteiger partial charge in [0.05, 0.1) is 12.6 Å². The fourth-order valence-electron chi connectivity index (χ4n) is 3.03. The summed E-state index contributed by atoms with van der Waals surface area (Å²) in [5, 5.41) is 9.24. The smallest absolute Gasteiger partial charge is 0.410 e. The van der Waals surface area contributed by atoms with Crippen LogP contribution in [0.1, 0.15) is 51.0 Å². The topological polar surface area (TPSA) is 60.2 Å². The summed E-state index contributed by atoms with van der Waals surface area (Å²) < 4.78 is 7.36. The number of carbonyl (C=O) groups excluding carboxylic acids is 1. The Kier molecular flexibility index (Phi) is 5.44. The number of rotatable bonds is 3. The van der Waals surface area contributed by atoms with Crippen LogP contribution in [-0.2, 0) is 11.3 Å². The summed E-state index contributed by atoms with van der Waals surface area (Å²) >= 11 is 12.2. The van der Waals surface area contributed by atoms with Gasteiger partial charge in [0.25, 0.3) is 0 Å². The molecule has 0 radical (unpaired) electrons. The van der Waals surface area contributed by atoms with Crippen molar-refractivity contribution in [2.45, 2.75) is 51.8 Å². The summed E-state index contributed by atoms with van der Waals surface area (Å²) in [7, 11) is 0. The fourth-order valence-corrected chi connectivity index (χ4v) is 3.34. The van der Waals surface area contributed by atoms with E-state index in [0.717, 1.165) is 18.4 Å². The minimum Gasteiger partial charge on any atom is -0.444 e. The van der Waals surface area contributed by atoms with Gasteiger partial charge in [0.1, 0.15) is 5.60 Å². The second-order valence-corrected chi connectivity index (χ2v) is 8.15. The summed E-state index contributed by atoms with van der Waals surface area (Å²) in [6.45, 7) is 6.71. The van der Waals surface area contributed by atoms with Crippen LogP contribution in [0.5, 0.6) is 0 Å². The molecule has 140 valence electrons. The zero-order valence-corrected chi connectivity index (χ0v) is 16.6. The number of hydrogen-bond donors (Lipinski definition) is 0. The van der Waals surface area contributed by atoms with Gasteiger partial charge in [0, 0.05) is 11.6 Å². The molecule has 1 atom stereocenters. The van der Waals surface area contributed by atoms with E-state index < -0.39 is 5.60 Å². The molecule has 0 saturated carbocycles. The highest BCUT2D eigenvalue weighted by molar-refractivity contribution is 6.30. The lowest BCUT2D eigenvalue weighted by Crippen LogP contribution is -2.37. The maximum absolute atomic E-state index is 12.6. The number of likely N-dealkylation sites (tertiary alicyclic amines) is 1. The molecule has 1 amide bonds. The van der Waals surface area contributed by atoms with Gasteiger partial charge in [0.15, 0.2) is 5.82 Å². The van der Waals surface area contributed by atoms with Crippen molar-refractivity contribution in [1.82, 2.24) is 19.7 Å². The summed E-state index contributed by atoms with van der Waals surface area (Å²) in [4.78, 5) is 14.3. The first-order valence-electron chi connectivity index (χ1n) is 8.57. The van der Waals surface area contributed by atoms with E-state index in [9.17, 15) is 4.79 Å². The van der Waals surface area contributed by atoms with Crippen molar-refractivity contribution >= 4 is 29.3 Å². The van der Waals surface area contributed by atoms with Gasteiger partial charge in [-0.1, -0.05) is 23.7 Å². The molecule has 0 N–H and O–H groups in total. The van der Waals surface area contributed by atoms with Crippen LogP contribution in [0, 0.1) is 0 Å². The summed E-state index contributed by atoms with van der Waals surface area (Å²) in [5.74, 6) is 0.674. The van der Waals surface area contributed by atoms with Gasteiger partial charge < -0.3 is 4.74 Å². The minimum absolute atomic E-state index is 0.197. The lowest BCUT2D eigenvalue weighted by Gasteiger charge is -2.28. The van der Waals surface area contributed by atoms with Crippen molar-refractivity contribution in [3.8, 4) is 0 Å². The lowest BCUT2D eigenvalue weighted by atomic mass is 10.2. The van der Waals surface area contributed by atoms with Gasteiger partial charge in [0.2, 0.25) is 5.28 Å². The Labute approximate surface area is 163 Å². The Morgan fingerprint density at radius 3 is 2.58 bits per heavy atom. The molecule has 0 spiro atoms. The first-order valence-corrected chi connectivity index (χ1v) is 9.33. The van der Waals surface area contributed by atoms with Crippen LogP contribution in [-0.4, -0.2) is 37.9 Å². The monoisotopic (exact) mass is 396 g/mol. The molecule has 3 rings (SSSR count). The van der Waals surface area contributed by atoms with E-state index in [1.165, 1.54) is 0 Å². The van der Waals surface area contributed by atoms with E-state index in [4.69, 9.17) is 27.9 Å². The minimum atomic E-state index is -0.543. The van der Waals surface area contributed by atoms with E-state index in [-0.39, 0.29) is 12.1 Å². The van der Waals surface area contributed by atoms with Crippen LogP contribution in [0.3, 0.4) is 0 Å². The first kappa shape index (κ1) is 19.0. The van der Waals surface area contributed by atoms with Crippen LogP contribution in [0.2, 0.25) is 10.3 Å².